The Balaban J connectivity index is 0.929. The summed E-state index contributed by atoms with van der Waals surface area (Å²) in [5, 5.41) is 6.95. The summed E-state index contributed by atoms with van der Waals surface area (Å²) in [4.78, 5) is 20.4. The fourth-order valence-electron chi connectivity index (χ4n) is 8.00. The van der Waals surface area contributed by atoms with E-state index in [1.165, 1.54) is 32.7 Å². The molecule has 11 aromatic rings. The smallest absolute Gasteiger partial charge is 0.160 e. The first-order valence-corrected chi connectivity index (χ1v) is 19.5. The second-order valence-corrected chi connectivity index (χ2v) is 14.7. The number of hydrogen-bond donors (Lipinski definition) is 0. The zero-order valence-corrected chi connectivity index (χ0v) is 31.4. The minimum absolute atomic E-state index is 0.695. The molecule has 270 valence electrons. The van der Waals surface area contributed by atoms with Crippen LogP contribution in [-0.4, -0.2) is 19.9 Å². The number of rotatable bonds is 6. The molecule has 0 aliphatic rings. The molecular formula is C54H34N4. The van der Waals surface area contributed by atoms with E-state index >= 15 is 0 Å². The van der Waals surface area contributed by atoms with Gasteiger partial charge in [0.1, 0.15) is 0 Å². The van der Waals surface area contributed by atoms with Crippen molar-refractivity contribution in [2.24, 2.45) is 0 Å². The second kappa shape index (κ2) is 14.0. The van der Waals surface area contributed by atoms with Gasteiger partial charge in [0.05, 0.1) is 22.4 Å². The first kappa shape index (κ1) is 33.5. The van der Waals surface area contributed by atoms with Gasteiger partial charge in [-0.2, -0.15) is 0 Å². The SMILES string of the molecule is c1ccc2cc(-c3ccc(-c4nc(-c5ccc(-c6nc(-c7ccc(-c8ccc9ccccc9c8)cc7)nc7ccccc67)cc5)c5ccccc5n4)cc3)ccc2c1. The van der Waals surface area contributed by atoms with E-state index in [1.54, 1.807) is 0 Å². The van der Waals surface area contributed by atoms with Gasteiger partial charge in [0, 0.05) is 33.0 Å². The topological polar surface area (TPSA) is 51.6 Å². The lowest BCUT2D eigenvalue weighted by Gasteiger charge is -2.12. The molecule has 9 aromatic carbocycles. The van der Waals surface area contributed by atoms with Gasteiger partial charge in [-0.1, -0.05) is 182 Å². The third-order valence-electron chi connectivity index (χ3n) is 11.1. The van der Waals surface area contributed by atoms with E-state index in [9.17, 15) is 0 Å². The first-order valence-electron chi connectivity index (χ1n) is 19.5. The number of aromatic nitrogens is 4. The predicted molar refractivity (Wildman–Crippen MR) is 240 cm³/mol. The number of fused-ring (bicyclic) bond motifs is 4. The quantitative estimate of drug-likeness (QED) is 0.170. The van der Waals surface area contributed by atoms with Gasteiger partial charge in [-0.05, 0) is 68.1 Å². The molecule has 4 heteroatoms. The fourth-order valence-corrected chi connectivity index (χ4v) is 8.00. The van der Waals surface area contributed by atoms with Crippen LogP contribution in [0.4, 0.5) is 0 Å². The van der Waals surface area contributed by atoms with E-state index in [4.69, 9.17) is 19.9 Å². The molecule has 0 fully saturated rings. The van der Waals surface area contributed by atoms with Crippen molar-refractivity contribution in [3.63, 3.8) is 0 Å². The van der Waals surface area contributed by atoms with Crippen LogP contribution in [0.15, 0.2) is 206 Å². The highest BCUT2D eigenvalue weighted by Gasteiger charge is 2.15. The molecule has 0 atom stereocenters. The summed E-state index contributed by atoms with van der Waals surface area (Å²) in [6, 6.07) is 72.3. The van der Waals surface area contributed by atoms with E-state index < -0.39 is 0 Å². The van der Waals surface area contributed by atoms with Gasteiger partial charge in [0.25, 0.3) is 0 Å². The summed E-state index contributed by atoms with van der Waals surface area (Å²) in [6.07, 6.45) is 0. The Kier molecular flexibility index (Phi) is 8.11. The van der Waals surface area contributed by atoms with Crippen molar-refractivity contribution in [3.05, 3.63) is 206 Å². The summed E-state index contributed by atoms with van der Waals surface area (Å²) < 4.78 is 0. The van der Waals surface area contributed by atoms with Crippen LogP contribution in [-0.2, 0) is 0 Å². The van der Waals surface area contributed by atoms with Crippen LogP contribution < -0.4 is 0 Å². The molecule has 58 heavy (non-hydrogen) atoms. The molecule has 0 unspecified atom stereocenters. The van der Waals surface area contributed by atoms with E-state index in [2.05, 4.69) is 182 Å². The summed E-state index contributed by atoms with van der Waals surface area (Å²) in [5.41, 5.74) is 12.2. The number of para-hydroxylation sites is 2. The molecule has 4 nitrogen and oxygen atoms in total. The monoisotopic (exact) mass is 738 g/mol. The standard InChI is InChI=1S/C54H34N4/c1-3-11-43-33-45(31-21-35(43)9-1)37-17-27-41(28-18-37)53-55-49-15-7-5-13-47(49)51(57-53)39-23-25-40(26-24-39)52-48-14-6-8-16-50(48)56-54(58-52)42-29-19-38(20-30-42)46-32-22-36-10-2-4-12-44(36)34-46/h1-34H. The van der Waals surface area contributed by atoms with E-state index in [1.807, 2.05) is 24.3 Å². The molecule has 0 aliphatic heterocycles. The minimum atomic E-state index is 0.695. The average Bonchev–Trinajstić information content (AvgIpc) is 3.30. The molecule has 0 bridgehead atoms. The van der Waals surface area contributed by atoms with Gasteiger partial charge in [0.2, 0.25) is 0 Å². The summed E-state index contributed by atoms with van der Waals surface area (Å²) >= 11 is 0. The predicted octanol–water partition coefficient (Wildman–Crippen LogP) is 13.9. The maximum Gasteiger partial charge on any atom is 0.160 e. The summed E-state index contributed by atoms with van der Waals surface area (Å²) in [5.74, 6) is 1.39. The van der Waals surface area contributed by atoms with Crippen LogP contribution in [0.5, 0.6) is 0 Å². The molecule has 0 N–H and O–H groups in total. The van der Waals surface area contributed by atoms with Crippen LogP contribution >= 0.6 is 0 Å². The Morgan fingerprint density at radius 2 is 0.552 bits per heavy atom. The molecule has 0 saturated heterocycles. The van der Waals surface area contributed by atoms with E-state index in [0.717, 1.165) is 66.6 Å². The van der Waals surface area contributed by atoms with Crippen molar-refractivity contribution in [3.8, 4) is 67.5 Å². The summed E-state index contributed by atoms with van der Waals surface area (Å²) in [7, 11) is 0. The number of hydrogen-bond acceptors (Lipinski definition) is 4. The van der Waals surface area contributed by atoms with Crippen LogP contribution in [0.3, 0.4) is 0 Å². The maximum absolute atomic E-state index is 5.20. The Morgan fingerprint density at radius 3 is 0.983 bits per heavy atom. The van der Waals surface area contributed by atoms with E-state index in [-0.39, 0.29) is 0 Å². The zero-order valence-electron chi connectivity index (χ0n) is 31.4. The maximum atomic E-state index is 5.20. The van der Waals surface area contributed by atoms with Gasteiger partial charge in [-0.3, -0.25) is 0 Å². The van der Waals surface area contributed by atoms with Crippen molar-refractivity contribution in [1.82, 2.24) is 19.9 Å². The van der Waals surface area contributed by atoms with E-state index in [0.29, 0.717) is 11.6 Å². The highest BCUT2D eigenvalue weighted by atomic mass is 14.9. The first-order chi connectivity index (χ1) is 28.7. The third kappa shape index (κ3) is 6.14. The van der Waals surface area contributed by atoms with Crippen molar-refractivity contribution in [1.29, 1.82) is 0 Å². The van der Waals surface area contributed by atoms with Gasteiger partial charge in [0.15, 0.2) is 11.6 Å². The molecular weight excluding hydrogens is 705 g/mol. The normalized spacial score (nSPS) is 11.4. The van der Waals surface area contributed by atoms with Crippen LogP contribution in [0, 0.1) is 0 Å². The van der Waals surface area contributed by atoms with Crippen molar-refractivity contribution in [2.45, 2.75) is 0 Å². The molecule has 0 radical (unpaired) electrons. The van der Waals surface area contributed by atoms with Crippen molar-refractivity contribution < 1.29 is 0 Å². The molecule has 0 saturated carbocycles. The fraction of sp³-hybridized carbons (Fsp3) is 0. The van der Waals surface area contributed by atoms with Crippen molar-refractivity contribution in [2.75, 3.05) is 0 Å². The Morgan fingerprint density at radius 1 is 0.224 bits per heavy atom. The van der Waals surface area contributed by atoms with Gasteiger partial charge >= 0.3 is 0 Å². The third-order valence-corrected chi connectivity index (χ3v) is 11.1. The summed E-state index contributed by atoms with van der Waals surface area (Å²) in [6.45, 7) is 0. The van der Waals surface area contributed by atoms with Crippen LogP contribution in [0.1, 0.15) is 0 Å². The van der Waals surface area contributed by atoms with Gasteiger partial charge in [-0.15, -0.1) is 0 Å². The Bertz CT molecular complexity index is 3090. The minimum Gasteiger partial charge on any atom is -0.228 e. The largest absolute Gasteiger partial charge is 0.228 e. The molecule has 0 spiro atoms. The lowest BCUT2D eigenvalue weighted by atomic mass is 9.99. The van der Waals surface area contributed by atoms with Crippen molar-refractivity contribution >= 4 is 43.4 Å². The highest BCUT2D eigenvalue weighted by Crippen LogP contribution is 2.35. The zero-order chi connectivity index (χ0) is 38.4. The lowest BCUT2D eigenvalue weighted by molar-refractivity contribution is 1.22. The van der Waals surface area contributed by atoms with Gasteiger partial charge in [-0.25, -0.2) is 19.9 Å². The van der Waals surface area contributed by atoms with Crippen LogP contribution in [0.25, 0.3) is 111 Å². The molecule has 0 aliphatic carbocycles. The lowest BCUT2D eigenvalue weighted by Crippen LogP contribution is -1.96. The Hall–Kier alpha value is -7.82. The second-order valence-electron chi connectivity index (χ2n) is 14.7. The molecule has 0 amide bonds. The average molecular weight is 739 g/mol. The van der Waals surface area contributed by atoms with Gasteiger partial charge < -0.3 is 0 Å². The number of benzene rings is 9. The highest BCUT2D eigenvalue weighted by molar-refractivity contribution is 5.97. The molecule has 2 heterocycles. The van der Waals surface area contributed by atoms with Crippen LogP contribution in [0.2, 0.25) is 0 Å². The molecule has 11 rings (SSSR count). The molecule has 2 aromatic heterocycles. The number of nitrogens with zero attached hydrogens (tertiary/aromatic N) is 4. The Labute approximate surface area is 335 Å².